The van der Waals surface area contributed by atoms with Crippen LogP contribution in [0.3, 0.4) is 0 Å². The highest BCUT2D eigenvalue weighted by Crippen LogP contribution is 2.22. The summed E-state index contributed by atoms with van der Waals surface area (Å²) in [6.45, 7) is 3.92. The van der Waals surface area contributed by atoms with Gasteiger partial charge in [-0.15, -0.1) is 0 Å². The van der Waals surface area contributed by atoms with Crippen molar-refractivity contribution in [1.29, 1.82) is 0 Å². The zero-order valence-electron chi connectivity index (χ0n) is 11.8. The van der Waals surface area contributed by atoms with Gasteiger partial charge in [0, 0.05) is 30.8 Å². The maximum atomic E-state index is 11.3. The molecule has 0 unspecified atom stereocenters. The SMILES string of the molecule is CCOC(=O)COc1ccc(Cl)cc1CNCCOC. The number of hydrogen-bond acceptors (Lipinski definition) is 5. The molecule has 0 aliphatic rings. The fourth-order valence-electron chi connectivity index (χ4n) is 1.56. The number of halogens is 1. The van der Waals surface area contributed by atoms with Crippen molar-refractivity contribution in [2.75, 3.05) is 33.5 Å². The molecule has 6 heteroatoms. The summed E-state index contributed by atoms with van der Waals surface area (Å²) in [5.41, 5.74) is 0.887. The number of carbonyl (C=O) groups excluding carboxylic acids is 1. The second-order valence-electron chi connectivity index (χ2n) is 4.02. The smallest absolute Gasteiger partial charge is 0.344 e. The van der Waals surface area contributed by atoms with Gasteiger partial charge in [-0.25, -0.2) is 4.79 Å². The molecular weight excluding hydrogens is 282 g/mol. The fraction of sp³-hybridized carbons (Fsp3) is 0.500. The summed E-state index contributed by atoms with van der Waals surface area (Å²) in [6, 6.07) is 5.28. The molecule has 0 fully saturated rings. The molecule has 0 spiro atoms. The Kier molecular flexibility index (Phi) is 8.02. The van der Waals surface area contributed by atoms with Gasteiger partial charge in [-0.2, -0.15) is 0 Å². The van der Waals surface area contributed by atoms with Gasteiger partial charge in [0.15, 0.2) is 6.61 Å². The highest BCUT2D eigenvalue weighted by molar-refractivity contribution is 6.30. The first-order valence-electron chi connectivity index (χ1n) is 6.43. The standard InChI is InChI=1S/C14H20ClNO4/c1-3-19-14(17)10-20-13-5-4-12(15)8-11(13)9-16-6-7-18-2/h4-5,8,16H,3,6-7,9-10H2,1-2H3. The summed E-state index contributed by atoms with van der Waals surface area (Å²) in [4.78, 5) is 11.3. The van der Waals surface area contributed by atoms with Crippen molar-refractivity contribution in [3.63, 3.8) is 0 Å². The molecule has 0 radical (unpaired) electrons. The molecule has 1 aromatic carbocycles. The first-order valence-corrected chi connectivity index (χ1v) is 6.81. The molecule has 0 aliphatic heterocycles. The lowest BCUT2D eigenvalue weighted by atomic mass is 10.2. The topological polar surface area (TPSA) is 56.8 Å². The molecule has 0 aromatic heterocycles. The maximum Gasteiger partial charge on any atom is 0.344 e. The zero-order chi connectivity index (χ0) is 14.8. The van der Waals surface area contributed by atoms with Crippen LogP contribution in [-0.4, -0.2) is 39.4 Å². The predicted octanol–water partition coefficient (Wildman–Crippen LogP) is 2.02. The van der Waals surface area contributed by atoms with Gasteiger partial charge in [-0.05, 0) is 25.1 Å². The van der Waals surface area contributed by atoms with Crippen LogP contribution in [-0.2, 0) is 20.8 Å². The zero-order valence-corrected chi connectivity index (χ0v) is 12.5. The van der Waals surface area contributed by atoms with Crippen LogP contribution in [0.1, 0.15) is 12.5 Å². The number of esters is 1. The molecule has 0 heterocycles. The first-order chi connectivity index (χ1) is 9.67. The quantitative estimate of drug-likeness (QED) is 0.558. The van der Waals surface area contributed by atoms with Gasteiger partial charge in [0.2, 0.25) is 0 Å². The normalized spacial score (nSPS) is 10.3. The lowest BCUT2D eigenvalue weighted by Crippen LogP contribution is -2.20. The number of nitrogens with one attached hydrogen (secondary N) is 1. The summed E-state index contributed by atoms with van der Waals surface area (Å²) in [5.74, 6) is 0.230. The fourth-order valence-corrected chi connectivity index (χ4v) is 1.76. The number of hydrogen-bond donors (Lipinski definition) is 1. The molecule has 0 amide bonds. The molecular formula is C14H20ClNO4. The Bertz CT molecular complexity index is 426. The summed E-state index contributed by atoms with van der Waals surface area (Å²) >= 11 is 5.97. The lowest BCUT2D eigenvalue weighted by Gasteiger charge is -2.12. The molecule has 0 aliphatic carbocycles. The van der Waals surface area contributed by atoms with E-state index >= 15 is 0 Å². The van der Waals surface area contributed by atoms with E-state index in [-0.39, 0.29) is 12.6 Å². The number of rotatable bonds is 9. The molecule has 0 saturated carbocycles. The summed E-state index contributed by atoms with van der Waals surface area (Å²) in [6.07, 6.45) is 0. The molecule has 1 rings (SSSR count). The van der Waals surface area contributed by atoms with Crippen molar-refractivity contribution in [3.8, 4) is 5.75 Å². The minimum atomic E-state index is -0.388. The monoisotopic (exact) mass is 301 g/mol. The van der Waals surface area contributed by atoms with E-state index in [4.69, 9.17) is 25.8 Å². The Balaban J connectivity index is 2.57. The van der Waals surface area contributed by atoms with E-state index in [0.717, 1.165) is 12.1 Å². The molecule has 112 valence electrons. The number of methoxy groups -OCH3 is 1. The third kappa shape index (κ3) is 6.23. The Hall–Kier alpha value is -1.30. The van der Waals surface area contributed by atoms with Crippen molar-refractivity contribution in [2.45, 2.75) is 13.5 Å². The van der Waals surface area contributed by atoms with Crippen LogP contribution in [0.5, 0.6) is 5.75 Å². The third-order valence-electron chi connectivity index (χ3n) is 2.47. The van der Waals surface area contributed by atoms with Gasteiger partial charge in [-0.3, -0.25) is 0 Å². The highest BCUT2D eigenvalue weighted by Gasteiger charge is 2.08. The van der Waals surface area contributed by atoms with Gasteiger partial charge >= 0.3 is 5.97 Å². The Labute approximate surface area is 124 Å². The van der Waals surface area contributed by atoms with Crippen molar-refractivity contribution in [2.24, 2.45) is 0 Å². The van der Waals surface area contributed by atoms with Crippen LogP contribution < -0.4 is 10.1 Å². The molecule has 0 atom stereocenters. The van der Waals surface area contributed by atoms with Crippen molar-refractivity contribution in [3.05, 3.63) is 28.8 Å². The van der Waals surface area contributed by atoms with Crippen molar-refractivity contribution >= 4 is 17.6 Å². The molecule has 0 bridgehead atoms. The minimum absolute atomic E-state index is 0.111. The Morgan fingerprint density at radius 1 is 1.40 bits per heavy atom. The van der Waals surface area contributed by atoms with E-state index in [9.17, 15) is 4.79 Å². The predicted molar refractivity (Wildman–Crippen MR) is 77.2 cm³/mol. The van der Waals surface area contributed by atoms with Gasteiger partial charge in [0.25, 0.3) is 0 Å². The number of ether oxygens (including phenoxy) is 3. The molecule has 1 N–H and O–H groups in total. The van der Waals surface area contributed by atoms with Crippen LogP contribution in [0.15, 0.2) is 18.2 Å². The second kappa shape index (κ2) is 9.58. The van der Waals surface area contributed by atoms with E-state index < -0.39 is 0 Å². The van der Waals surface area contributed by atoms with Gasteiger partial charge < -0.3 is 19.5 Å². The largest absolute Gasteiger partial charge is 0.482 e. The van der Waals surface area contributed by atoms with Crippen molar-refractivity contribution in [1.82, 2.24) is 5.32 Å². The molecule has 1 aromatic rings. The molecule has 20 heavy (non-hydrogen) atoms. The lowest BCUT2D eigenvalue weighted by molar-refractivity contribution is -0.145. The highest BCUT2D eigenvalue weighted by atomic mass is 35.5. The Morgan fingerprint density at radius 2 is 2.20 bits per heavy atom. The first kappa shape index (κ1) is 16.8. The van der Waals surface area contributed by atoms with Crippen molar-refractivity contribution < 1.29 is 19.0 Å². The van der Waals surface area contributed by atoms with Crippen LogP contribution >= 0.6 is 11.6 Å². The van der Waals surface area contributed by atoms with E-state index in [2.05, 4.69) is 5.32 Å². The van der Waals surface area contributed by atoms with E-state index in [1.165, 1.54) is 0 Å². The van der Waals surface area contributed by atoms with Gasteiger partial charge in [0.05, 0.1) is 13.2 Å². The summed E-state index contributed by atoms with van der Waals surface area (Å²) < 4.78 is 15.2. The average Bonchev–Trinajstić information content (AvgIpc) is 2.43. The third-order valence-corrected chi connectivity index (χ3v) is 2.71. The number of benzene rings is 1. The number of carbonyl (C=O) groups is 1. The summed E-state index contributed by atoms with van der Waals surface area (Å²) in [7, 11) is 1.65. The van der Waals surface area contributed by atoms with Crippen LogP contribution in [0.25, 0.3) is 0 Å². The average molecular weight is 302 g/mol. The molecule has 0 saturated heterocycles. The minimum Gasteiger partial charge on any atom is -0.482 e. The summed E-state index contributed by atoms with van der Waals surface area (Å²) in [5, 5.41) is 3.83. The van der Waals surface area contributed by atoms with E-state index in [1.54, 1.807) is 26.2 Å². The van der Waals surface area contributed by atoms with E-state index in [1.807, 2.05) is 6.07 Å². The van der Waals surface area contributed by atoms with Gasteiger partial charge in [-0.1, -0.05) is 11.6 Å². The van der Waals surface area contributed by atoms with E-state index in [0.29, 0.717) is 30.5 Å². The maximum absolute atomic E-state index is 11.3. The van der Waals surface area contributed by atoms with Crippen LogP contribution in [0.4, 0.5) is 0 Å². The van der Waals surface area contributed by atoms with Crippen LogP contribution in [0.2, 0.25) is 5.02 Å². The Morgan fingerprint density at radius 3 is 2.90 bits per heavy atom. The molecule has 5 nitrogen and oxygen atoms in total. The second-order valence-corrected chi connectivity index (χ2v) is 4.45. The van der Waals surface area contributed by atoms with Gasteiger partial charge in [0.1, 0.15) is 5.75 Å². The van der Waals surface area contributed by atoms with Crippen LogP contribution in [0, 0.1) is 0 Å².